The van der Waals surface area contributed by atoms with Crippen LogP contribution in [0.25, 0.3) is 11.1 Å². The van der Waals surface area contributed by atoms with E-state index >= 15 is 0 Å². The van der Waals surface area contributed by atoms with Gasteiger partial charge in [-0.15, -0.1) is 0 Å². The van der Waals surface area contributed by atoms with Crippen LogP contribution in [0.1, 0.15) is 37.3 Å². The van der Waals surface area contributed by atoms with Crippen molar-refractivity contribution in [2.75, 3.05) is 17.2 Å². The van der Waals surface area contributed by atoms with E-state index < -0.39 is 16.1 Å². The van der Waals surface area contributed by atoms with E-state index in [0.717, 1.165) is 47.9 Å². The second kappa shape index (κ2) is 7.72. The summed E-state index contributed by atoms with van der Waals surface area (Å²) in [5.41, 5.74) is 9.05. The molecule has 0 spiro atoms. The molecule has 9 heteroatoms. The van der Waals surface area contributed by atoms with Crippen molar-refractivity contribution >= 4 is 21.9 Å². The number of hydrogen-bond donors (Lipinski definition) is 1. The molecule has 1 saturated carbocycles. The predicted molar refractivity (Wildman–Crippen MR) is 111 cm³/mol. The summed E-state index contributed by atoms with van der Waals surface area (Å²) in [5.74, 6) is 0.715. The molecule has 2 N–H and O–H groups in total. The number of nitrogens with two attached hydrogens (primary N) is 1. The molecule has 154 valence electrons. The average Bonchev–Trinajstić information content (AvgIpc) is 3.56. The van der Waals surface area contributed by atoms with Crippen molar-refractivity contribution in [3.8, 4) is 11.1 Å². The van der Waals surface area contributed by atoms with Gasteiger partial charge in [-0.05, 0) is 55.9 Å². The Hall–Kier alpha value is -2.52. The van der Waals surface area contributed by atoms with Gasteiger partial charge in [0.2, 0.25) is 10.0 Å². The first-order valence-electron chi connectivity index (χ1n) is 9.88. The number of primary amides is 1. The van der Waals surface area contributed by atoms with Crippen LogP contribution in [0.5, 0.6) is 0 Å². The average molecular weight is 416 g/mol. The van der Waals surface area contributed by atoms with E-state index in [4.69, 9.17) is 5.73 Å². The highest BCUT2D eigenvalue weighted by Crippen LogP contribution is 2.32. The first-order valence-corrected chi connectivity index (χ1v) is 11.5. The zero-order valence-corrected chi connectivity index (χ0v) is 17.2. The minimum absolute atomic E-state index is 0.0989. The van der Waals surface area contributed by atoms with Crippen molar-refractivity contribution in [1.29, 1.82) is 0 Å². The Bertz CT molecular complexity index is 1040. The van der Waals surface area contributed by atoms with Gasteiger partial charge < -0.3 is 5.73 Å². The zero-order valence-electron chi connectivity index (χ0n) is 16.4. The molecular formula is C20H25N5O3S. The molecule has 0 bridgehead atoms. The number of aryl methyl sites for hydroxylation is 1. The van der Waals surface area contributed by atoms with Gasteiger partial charge in [0.1, 0.15) is 5.82 Å². The normalized spacial score (nSPS) is 16.7. The fraction of sp³-hybridized carbons (Fsp3) is 0.450. The van der Waals surface area contributed by atoms with Crippen LogP contribution in [0.3, 0.4) is 0 Å². The second-order valence-corrected chi connectivity index (χ2v) is 9.77. The van der Waals surface area contributed by atoms with Crippen LogP contribution < -0.4 is 10.6 Å². The fourth-order valence-electron chi connectivity index (χ4n) is 3.73. The largest absolute Gasteiger partial charge is 0.351 e. The molecule has 8 nitrogen and oxygen atoms in total. The molecule has 29 heavy (non-hydrogen) atoms. The van der Waals surface area contributed by atoms with E-state index in [2.05, 4.69) is 9.97 Å². The third-order valence-electron chi connectivity index (χ3n) is 5.44. The predicted octanol–water partition coefficient (Wildman–Crippen LogP) is 2.29. The number of amides is 2. The summed E-state index contributed by atoms with van der Waals surface area (Å²) in [4.78, 5) is 21.9. The van der Waals surface area contributed by atoms with Gasteiger partial charge in [-0.3, -0.25) is 9.88 Å². The third kappa shape index (κ3) is 4.11. The molecular weight excluding hydrogens is 390 g/mol. The molecule has 2 amide bonds. The van der Waals surface area contributed by atoms with Crippen LogP contribution in [0.2, 0.25) is 0 Å². The molecule has 0 saturated heterocycles. The molecule has 2 aromatic rings. The van der Waals surface area contributed by atoms with E-state index in [1.807, 2.05) is 12.1 Å². The SMILES string of the molecule is CCS(=O)(=O)N(Cc1cncc(-c2cnc3c(c2)CCCN3C(N)=O)c1)C1CC1. The number of carbonyl (C=O) groups excluding carboxylic acids is 1. The van der Waals surface area contributed by atoms with E-state index in [1.165, 1.54) is 4.90 Å². The van der Waals surface area contributed by atoms with Gasteiger partial charge >= 0.3 is 6.03 Å². The van der Waals surface area contributed by atoms with Crippen LogP contribution in [0, 0.1) is 0 Å². The monoisotopic (exact) mass is 415 g/mol. The smallest absolute Gasteiger partial charge is 0.320 e. The lowest BCUT2D eigenvalue weighted by atomic mass is 10.0. The van der Waals surface area contributed by atoms with Crippen molar-refractivity contribution < 1.29 is 13.2 Å². The van der Waals surface area contributed by atoms with Crippen molar-refractivity contribution in [2.24, 2.45) is 5.73 Å². The fourth-order valence-corrected chi connectivity index (χ4v) is 5.07. The minimum Gasteiger partial charge on any atom is -0.351 e. The maximum Gasteiger partial charge on any atom is 0.320 e. The lowest BCUT2D eigenvalue weighted by molar-refractivity contribution is 0.253. The van der Waals surface area contributed by atoms with Gasteiger partial charge in [0.15, 0.2) is 0 Å². The number of urea groups is 1. The molecule has 1 aliphatic heterocycles. The van der Waals surface area contributed by atoms with E-state index in [1.54, 1.807) is 29.8 Å². The Labute approximate surface area is 170 Å². The quantitative estimate of drug-likeness (QED) is 0.778. The highest BCUT2D eigenvalue weighted by Gasteiger charge is 2.36. The first-order chi connectivity index (χ1) is 13.9. The summed E-state index contributed by atoms with van der Waals surface area (Å²) in [6, 6.07) is 3.59. The van der Waals surface area contributed by atoms with Crippen LogP contribution in [0.15, 0.2) is 30.7 Å². The second-order valence-electron chi connectivity index (χ2n) is 7.56. The van der Waals surface area contributed by atoms with Gasteiger partial charge in [0.25, 0.3) is 0 Å². The van der Waals surface area contributed by atoms with Gasteiger partial charge in [0.05, 0.1) is 5.75 Å². The highest BCUT2D eigenvalue weighted by molar-refractivity contribution is 7.89. The Balaban J connectivity index is 1.62. The number of anilines is 1. The standard InChI is InChI=1S/C20H25N5O3S/c1-2-29(27,28)25(18-5-6-18)13-14-8-16(11-22-10-14)17-9-15-4-3-7-24(20(21)26)19(15)23-12-17/h8-12,18H,2-7,13H2,1H3,(H2,21,26). The summed E-state index contributed by atoms with van der Waals surface area (Å²) >= 11 is 0. The summed E-state index contributed by atoms with van der Waals surface area (Å²) < 4.78 is 26.5. The van der Waals surface area contributed by atoms with Crippen LogP contribution in [0.4, 0.5) is 10.6 Å². The number of sulfonamides is 1. The maximum absolute atomic E-state index is 12.4. The summed E-state index contributed by atoms with van der Waals surface area (Å²) in [6.45, 7) is 2.58. The lowest BCUT2D eigenvalue weighted by Gasteiger charge is -2.27. The van der Waals surface area contributed by atoms with Crippen molar-refractivity contribution in [3.63, 3.8) is 0 Å². The molecule has 2 aromatic heterocycles. The molecule has 1 aliphatic carbocycles. The Kier molecular flexibility index (Phi) is 5.26. The molecule has 0 unspecified atom stereocenters. The molecule has 4 rings (SSSR count). The number of rotatable bonds is 6. The Morgan fingerprint density at radius 1 is 1.24 bits per heavy atom. The number of nitrogens with zero attached hydrogens (tertiary/aromatic N) is 4. The summed E-state index contributed by atoms with van der Waals surface area (Å²) in [5, 5.41) is 0. The van der Waals surface area contributed by atoms with Crippen molar-refractivity contribution in [3.05, 3.63) is 41.9 Å². The topological polar surface area (TPSA) is 109 Å². The van der Waals surface area contributed by atoms with Gasteiger partial charge in [-0.25, -0.2) is 18.2 Å². The number of pyridine rings is 2. The van der Waals surface area contributed by atoms with Crippen LogP contribution in [-0.2, 0) is 23.0 Å². The molecule has 3 heterocycles. The van der Waals surface area contributed by atoms with Crippen molar-refractivity contribution in [1.82, 2.24) is 14.3 Å². The maximum atomic E-state index is 12.4. The van der Waals surface area contributed by atoms with Crippen molar-refractivity contribution in [2.45, 2.75) is 45.2 Å². The van der Waals surface area contributed by atoms with E-state index in [0.29, 0.717) is 18.9 Å². The van der Waals surface area contributed by atoms with Gasteiger partial charge in [-0.1, -0.05) is 0 Å². The summed E-state index contributed by atoms with van der Waals surface area (Å²) in [6.07, 6.45) is 8.67. The molecule has 2 aliphatic rings. The van der Waals surface area contributed by atoms with Crippen LogP contribution >= 0.6 is 0 Å². The van der Waals surface area contributed by atoms with Crippen LogP contribution in [-0.4, -0.2) is 47.1 Å². The number of carbonyl (C=O) groups is 1. The molecule has 0 aromatic carbocycles. The Morgan fingerprint density at radius 2 is 2.00 bits per heavy atom. The summed E-state index contributed by atoms with van der Waals surface area (Å²) in [7, 11) is -3.26. The lowest BCUT2D eigenvalue weighted by Crippen LogP contribution is -2.40. The third-order valence-corrected chi connectivity index (χ3v) is 7.31. The molecule has 1 fully saturated rings. The molecule has 0 radical (unpaired) electrons. The molecule has 0 atom stereocenters. The number of hydrogen-bond acceptors (Lipinski definition) is 5. The number of aromatic nitrogens is 2. The van der Waals surface area contributed by atoms with E-state index in [9.17, 15) is 13.2 Å². The highest BCUT2D eigenvalue weighted by atomic mass is 32.2. The zero-order chi connectivity index (χ0) is 20.6. The first kappa shape index (κ1) is 19.8. The Morgan fingerprint density at radius 3 is 2.69 bits per heavy atom. The van der Waals surface area contributed by atoms with E-state index in [-0.39, 0.29) is 11.8 Å². The van der Waals surface area contributed by atoms with Gasteiger partial charge in [-0.2, -0.15) is 4.31 Å². The minimum atomic E-state index is -3.26. The number of fused-ring (bicyclic) bond motifs is 1. The van der Waals surface area contributed by atoms with Gasteiger partial charge in [0, 0.05) is 48.8 Å².